The van der Waals surface area contributed by atoms with Gasteiger partial charge in [0, 0.05) is 0 Å². The van der Waals surface area contributed by atoms with Gasteiger partial charge in [-0.15, -0.1) is 0 Å². The van der Waals surface area contributed by atoms with Crippen molar-refractivity contribution in [3.8, 4) is 23.0 Å². The summed E-state index contributed by atoms with van der Waals surface area (Å²) in [5.41, 5.74) is 3.97. The molecule has 0 atom stereocenters. The van der Waals surface area contributed by atoms with E-state index >= 15 is 0 Å². The van der Waals surface area contributed by atoms with Gasteiger partial charge in [-0.05, 0) is 48.4 Å². The lowest BCUT2D eigenvalue weighted by Crippen LogP contribution is -2.19. The Balaban J connectivity index is 1.57. The molecule has 3 rings (SSSR count). The zero-order chi connectivity index (χ0) is 17.6. The molecule has 2 aromatic carbocycles. The van der Waals surface area contributed by atoms with Gasteiger partial charge in [0.05, 0.1) is 19.2 Å². The second kappa shape index (κ2) is 7.57. The van der Waals surface area contributed by atoms with Crippen molar-refractivity contribution in [2.45, 2.75) is 13.3 Å². The van der Waals surface area contributed by atoms with E-state index in [1.807, 2.05) is 13.0 Å². The number of hydrogen-bond acceptors (Lipinski definition) is 6. The van der Waals surface area contributed by atoms with E-state index in [4.69, 9.17) is 14.2 Å². The van der Waals surface area contributed by atoms with Gasteiger partial charge in [-0.3, -0.25) is 4.79 Å². The normalized spacial score (nSPS) is 12.4. The molecule has 7 heteroatoms. The van der Waals surface area contributed by atoms with Gasteiger partial charge in [-0.2, -0.15) is 5.10 Å². The van der Waals surface area contributed by atoms with Crippen LogP contribution in [0.15, 0.2) is 41.5 Å². The molecule has 25 heavy (non-hydrogen) atoms. The fraction of sp³-hybridized carbons (Fsp3) is 0.222. The molecule has 0 radical (unpaired) electrons. The number of aromatic hydroxyl groups is 1. The van der Waals surface area contributed by atoms with Crippen LogP contribution in [0.1, 0.15) is 18.1 Å². The van der Waals surface area contributed by atoms with E-state index in [0.29, 0.717) is 29.4 Å². The maximum absolute atomic E-state index is 12.0. The Bertz CT molecular complexity index is 804. The molecule has 0 unspecified atom stereocenters. The van der Waals surface area contributed by atoms with Crippen LogP contribution in [0.2, 0.25) is 0 Å². The predicted molar refractivity (Wildman–Crippen MR) is 91.3 cm³/mol. The third-order valence-electron chi connectivity index (χ3n) is 3.49. The topological polar surface area (TPSA) is 89.4 Å². The third kappa shape index (κ3) is 4.20. The van der Waals surface area contributed by atoms with Gasteiger partial charge in [0.2, 0.25) is 12.7 Å². The first kappa shape index (κ1) is 16.6. The first-order chi connectivity index (χ1) is 12.2. The molecular formula is C18H18N2O5. The lowest BCUT2D eigenvalue weighted by Gasteiger charge is -2.06. The van der Waals surface area contributed by atoms with Crippen LogP contribution < -0.4 is 19.6 Å². The molecule has 7 nitrogen and oxygen atoms in total. The number of phenols is 1. The lowest BCUT2D eigenvalue weighted by molar-refractivity contribution is -0.120. The number of fused-ring (bicyclic) bond motifs is 1. The number of carbonyl (C=O) groups is 1. The van der Waals surface area contributed by atoms with Gasteiger partial charge in [-0.1, -0.05) is 6.07 Å². The van der Waals surface area contributed by atoms with Crippen LogP contribution in [0.5, 0.6) is 23.0 Å². The maximum Gasteiger partial charge on any atom is 0.244 e. The van der Waals surface area contributed by atoms with Crippen molar-refractivity contribution in [3.63, 3.8) is 0 Å². The van der Waals surface area contributed by atoms with Gasteiger partial charge >= 0.3 is 0 Å². The number of nitrogens with zero attached hydrogens (tertiary/aromatic N) is 1. The van der Waals surface area contributed by atoms with E-state index in [9.17, 15) is 9.90 Å². The summed E-state index contributed by atoms with van der Waals surface area (Å²) in [6.07, 6.45) is 1.66. The van der Waals surface area contributed by atoms with E-state index in [-0.39, 0.29) is 24.9 Å². The standard InChI is InChI=1S/C18H18N2O5/c1-2-23-16-8-13(3-5-14(16)21)10-19-20-18(22)9-12-4-6-15-17(7-12)25-11-24-15/h3-8,10,21H,2,9,11H2,1H3,(H,20,22)/b19-10-. The minimum Gasteiger partial charge on any atom is -0.504 e. The summed E-state index contributed by atoms with van der Waals surface area (Å²) < 4.78 is 15.8. The second-order valence-electron chi connectivity index (χ2n) is 5.32. The van der Waals surface area contributed by atoms with Crippen LogP contribution in [0.25, 0.3) is 0 Å². The molecule has 1 aliphatic heterocycles. The van der Waals surface area contributed by atoms with E-state index in [0.717, 1.165) is 5.56 Å². The number of benzene rings is 2. The summed E-state index contributed by atoms with van der Waals surface area (Å²) >= 11 is 0. The summed E-state index contributed by atoms with van der Waals surface area (Å²) in [7, 11) is 0. The van der Waals surface area contributed by atoms with Gasteiger partial charge < -0.3 is 19.3 Å². The molecule has 1 aliphatic rings. The minimum absolute atomic E-state index is 0.0610. The molecule has 0 spiro atoms. The number of phenolic OH excluding ortho intramolecular Hbond substituents is 1. The highest BCUT2D eigenvalue weighted by Crippen LogP contribution is 2.32. The average molecular weight is 342 g/mol. The van der Waals surface area contributed by atoms with Crippen molar-refractivity contribution in [3.05, 3.63) is 47.5 Å². The highest BCUT2D eigenvalue weighted by molar-refractivity contribution is 5.84. The highest BCUT2D eigenvalue weighted by atomic mass is 16.7. The van der Waals surface area contributed by atoms with E-state index in [1.54, 1.807) is 24.3 Å². The molecule has 0 saturated heterocycles. The lowest BCUT2D eigenvalue weighted by atomic mass is 10.1. The van der Waals surface area contributed by atoms with Gasteiger partial charge in [-0.25, -0.2) is 5.43 Å². The van der Waals surface area contributed by atoms with Crippen molar-refractivity contribution in [2.75, 3.05) is 13.4 Å². The van der Waals surface area contributed by atoms with Gasteiger partial charge in [0.25, 0.3) is 0 Å². The van der Waals surface area contributed by atoms with Crippen molar-refractivity contribution in [1.29, 1.82) is 0 Å². The van der Waals surface area contributed by atoms with Crippen molar-refractivity contribution in [2.24, 2.45) is 5.10 Å². The monoisotopic (exact) mass is 342 g/mol. The zero-order valence-electron chi connectivity index (χ0n) is 13.7. The Morgan fingerprint density at radius 1 is 1.28 bits per heavy atom. The minimum atomic E-state index is -0.251. The number of hydrogen-bond donors (Lipinski definition) is 2. The number of hydrazone groups is 1. The van der Waals surface area contributed by atoms with Crippen LogP contribution in [0.3, 0.4) is 0 Å². The fourth-order valence-corrected chi connectivity index (χ4v) is 2.34. The summed E-state index contributed by atoms with van der Waals surface area (Å²) in [4.78, 5) is 12.0. The zero-order valence-corrected chi connectivity index (χ0v) is 13.7. The Morgan fingerprint density at radius 2 is 2.12 bits per heavy atom. The van der Waals surface area contributed by atoms with Crippen LogP contribution in [-0.2, 0) is 11.2 Å². The smallest absolute Gasteiger partial charge is 0.244 e. The summed E-state index contributed by atoms with van der Waals surface area (Å²) in [6, 6.07) is 10.2. The summed E-state index contributed by atoms with van der Waals surface area (Å²) in [5.74, 6) is 1.50. The van der Waals surface area contributed by atoms with Crippen LogP contribution in [-0.4, -0.2) is 30.6 Å². The second-order valence-corrected chi connectivity index (χ2v) is 5.32. The Hall–Kier alpha value is -3.22. The molecule has 0 aliphatic carbocycles. The Morgan fingerprint density at radius 3 is 2.96 bits per heavy atom. The number of rotatable bonds is 6. The Kier molecular flexibility index (Phi) is 5.03. The van der Waals surface area contributed by atoms with Crippen molar-refractivity contribution >= 4 is 12.1 Å². The van der Waals surface area contributed by atoms with Gasteiger partial charge in [0.1, 0.15) is 0 Å². The molecule has 0 fully saturated rings. The van der Waals surface area contributed by atoms with Crippen molar-refractivity contribution in [1.82, 2.24) is 5.43 Å². The predicted octanol–water partition coefficient (Wildman–Crippen LogP) is 2.21. The highest BCUT2D eigenvalue weighted by Gasteiger charge is 2.14. The van der Waals surface area contributed by atoms with Crippen LogP contribution in [0.4, 0.5) is 0 Å². The van der Waals surface area contributed by atoms with Gasteiger partial charge in [0.15, 0.2) is 23.0 Å². The number of carbonyl (C=O) groups excluding carboxylic acids is 1. The Labute approximate surface area is 144 Å². The number of amides is 1. The van der Waals surface area contributed by atoms with E-state index < -0.39 is 0 Å². The third-order valence-corrected chi connectivity index (χ3v) is 3.49. The molecule has 0 aromatic heterocycles. The number of nitrogens with one attached hydrogen (secondary N) is 1. The van der Waals surface area contributed by atoms with E-state index in [2.05, 4.69) is 10.5 Å². The van der Waals surface area contributed by atoms with Crippen LogP contribution >= 0.6 is 0 Å². The molecule has 1 heterocycles. The SMILES string of the molecule is CCOc1cc(/C=N\NC(=O)Cc2ccc3c(c2)OCO3)ccc1O. The number of ether oxygens (including phenoxy) is 3. The first-order valence-corrected chi connectivity index (χ1v) is 7.82. The molecule has 2 aromatic rings. The molecule has 2 N–H and O–H groups in total. The average Bonchev–Trinajstić information content (AvgIpc) is 3.05. The fourth-order valence-electron chi connectivity index (χ4n) is 2.34. The molecule has 130 valence electrons. The maximum atomic E-state index is 12.0. The largest absolute Gasteiger partial charge is 0.504 e. The van der Waals surface area contributed by atoms with Crippen molar-refractivity contribution < 1.29 is 24.1 Å². The summed E-state index contributed by atoms with van der Waals surface area (Å²) in [5, 5.41) is 13.6. The first-order valence-electron chi connectivity index (χ1n) is 7.82. The van der Waals surface area contributed by atoms with E-state index in [1.165, 1.54) is 12.3 Å². The molecule has 0 saturated carbocycles. The van der Waals surface area contributed by atoms with Crippen LogP contribution in [0, 0.1) is 0 Å². The quantitative estimate of drug-likeness (QED) is 0.621. The summed E-state index contributed by atoms with van der Waals surface area (Å²) in [6.45, 7) is 2.47. The molecule has 0 bridgehead atoms. The molecular weight excluding hydrogens is 324 g/mol. The molecule has 1 amide bonds.